The second kappa shape index (κ2) is 10.5. The predicted octanol–water partition coefficient (Wildman–Crippen LogP) is 1.07. The largest absolute Gasteiger partial charge is 0.377 e. The number of guanidine groups is 1. The molecule has 0 aliphatic carbocycles. The van der Waals surface area contributed by atoms with Gasteiger partial charge in [-0.1, -0.05) is 0 Å². The molecule has 0 aromatic carbocycles. The highest BCUT2D eigenvalue weighted by Gasteiger charge is 2.23. The van der Waals surface area contributed by atoms with Gasteiger partial charge in [0, 0.05) is 54.5 Å². The number of nitrogens with zero attached hydrogens (tertiary/aromatic N) is 4. The van der Waals surface area contributed by atoms with Crippen molar-refractivity contribution in [3.8, 4) is 0 Å². The van der Waals surface area contributed by atoms with Crippen LogP contribution in [0, 0.1) is 0 Å². The number of methoxy groups -OCH3 is 1. The molecule has 0 spiro atoms. The van der Waals surface area contributed by atoms with Gasteiger partial charge < -0.3 is 15.4 Å². The van der Waals surface area contributed by atoms with Gasteiger partial charge in [-0.05, 0) is 27.2 Å². The number of hydrogen-bond donors (Lipinski definition) is 2. The zero-order chi connectivity index (χ0) is 18.4. The molecule has 0 bridgehead atoms. The summed E-state index contributed by atoms with van der Waals surface area (Å²) in [6.07, 6.45) is 1.85. The van der Waals surface area contributed by atoms with E-state index in [9.17, 15) is 4.21 Å². The quantitative estimate of drug-likeness (QED) is 0.346. The Bertz CT molecular complexity index is 629. The van der Waals surface area contributed by atoms with E-state index in [4.69, 9.17) is 4.74 Å². The summed E-state index contributed by atoms with van der Waals surface area (Å²) >= 11 is 0. The Kier molecular flexibility index (Phi) is 9.45. The van der Waals surface area contributed by atoms with E-state index in [0.29, 0.717) is 18.9 Å². The maximum Gasteiger partial charge on any atom is 0.191 e. The number of nitrogens with one attached hydrogen (secondary N) is 2. The number of fused-ring (bicyclic) bond motifs is 1. The molecule has 2 heterocycles. The van der Waals surface area contributed by atoms with E-state index in [0.717, 1.165) is 37.0 Å². The third-order valence-electron chi connectivity index (χ3n) is 4.00. The molecule has 26 heavy (non-hydrogen) atoms. The lowest BCUT2D eigenvalue weighted by Crippen LogP contribution is -2.48. The summed E-state index contributed by atoms with van der Waals surface area (Å²) in [6, 6.07) is 0.240. The molecule has 1 aliphatic heterocycles. The van der Waals surface area contributed by atoms with Crippen molar-refractivity contribution in [1.82, 2.24) is 25.4 Å². The molecule has 10 heteroatoms. The van der Waals surface area contributed by atoms with E-state index in [1.807, 2.05) is 25.5 Å². The van der Waals surface area contributed by atoms with E-state index < -0.39 is 10.8 Å². The highest BCUT2D eigenvalue weighted by Crippen LogP contribution is 2.13. The van der Waals surface area contributed by atoms with E-state index in [1.54, 1.807) is 14.2 Å². The summed E-state index contributed by atoms with van der Waals surface area (Å²) < 4.78 is 18.9. The Morgan fingerprint density at radius 2 is 2.19 bits per heavy atom. The minimum atomic E-state index is -0.871. The summed E-state index contributed by atoms with van der Waals surface area (Å²) in [5.74, 6) is 3.07. The lowest BCUT2D eigenvalue weighted by molar-refractivity contribution is 0.177. The molecule has 2 rings (SSSR count). The third kappa shape index (κ3) is 6.76. The van der Waals surface area contributed by atoms with Crippen LogP contribution in [0.4, 0.5) is 0 Å². The summed E-state index contributed by atoms with van der Waals surface area (Å²) in [5, 5.41) is 11.1. The number of aromatic nitrogens is 3. The fourth-order valence-electron chi connectivity index (χ4n) is 2.62. The first-order chi connectivity index (χ1) is 11.8. The smallest absolute Gasteiger partial charge is 0.191 e. The highest BCUT2D eigenvalue weighted by molar-refractivity contribution is 14.0. The molecule has 1 aromatic heterocycles. The average molecular weight is 498 g/mol. The third-order valence-corrected chi connectivity index (χ3v) is 5.94. The number of ether oxygens (including phenoxy) is 1. The van der Waals surface area contributed by atoms with Crippen molar-refractivity contribution in [2.24, 2.45) is 4.99 Å². The van der Waals surface area contributed by atoms with Gasteiger partial charge in [-0.25, -0.2) is 9.67 Å². The van der Waals surface area contributed by atoms with Crippen molar-refractivity contribution < 1.29 is 8.95 Å². The second-order valence-corrected chi connectivity index (χ2v) is 9.42. The molecule has 1 aliphatic rings. The summed E-state index contributed by atoms with van der Waals surface area (Å²) in [6.45, 7) is 7.79. The fourth-order valence-corrected chi connectivity index (χ4v) is 3.52. The van der Waals surface area contributed by atoms with Crippen LogP contribution >= 0.6 is 24.0 Å². The number of rotatable bonds is 6. The van der Waals surface area contributed by atoms with Gasteiger partial charge in [0.1, 0.15) is 12.4 Å². The zero-order valence-corrected chi connectivity index (χ0v) is 19.4. The van der Waals surface area contributed by atoms with E-state index >= 15 is 0 Å². The van der Waals surface area contributed by atoms with Crippen LogP contribution in [-0.4, -0.2) is 62.2 Å². The Labute approximate surface area is 175 Å². The van der Waals surface area contributed by atoms with Gasteiger partial charge in [-0.2, -0.15) is 5.10 Å². The predicted molar refractivity (Wildman–Crippen MR) is 116 cm³/mol. The van der Waals surface area contributed by atoms with Crippen LogP contribution in [-0.2, 0) is 35.1 Å². The van der Waals surface area contributed by atoms with Crippen molar-refractivity contribution in [2.45, 2.75) is 57.6 Å². The van der Waals surface area contributed by atoms with Gasteiger partial charge in [0.15, 0.2) is 11.8 Å². The lowest BCUT2D eigenvalue weighted by Gasteiger charge is -2.25. The monoisotopic (exact) mass is 498 g/mol. The zero-order valence-electron chi connectivity index (χ0n) is 16.2. The number of halogens is 1. The Balaban J connectivity index is 0.00000338. The second-order valence-electron chi connectivity index (χ2n) is 7.10. The van der Waals surface area contributed by atoms with Crippen molar-refractivity contribution in [2.75, 3.05) is 26.5 Å². The molecule has 2 unspecified atom stereocenters. The van der Waals surface area contributed by atoms with Crippen LogP contribution in [0.2, 0.25) is 0 Å². The van der Waals surface area contributed by atoms with Gasteiger partial charge in [0.25, 0.3) is 0 Å². The SMILES string of the molecule is CN=C(NCCS(=O)C(C)(C)C)NC1CCc2nc(COC)nn2C1.I. The van der Waals surface area contributed by atoms with Crippen LogP contribution in [0.15, 0.2) is 4.99 Å². The Morgan fingerprint density at radius 3 is 2.81 bits per heavy atom. The molecular formula is C16H31IN6O2S. The van der Waals surface area contributed by atoms with Gasteiger partial charge in [0.05, 0.1) is 6.54 Å². The van der Waals surface area contributed by atoms with E-state index in [2.05, 4.69) is 25.7 Å². The normalized spacial score (nSPS) is 18.7. The molecule has 8 nitrogen and oxygen atoms in total. The Morgan fingerprint density at radius 1 is 1.46 bits per heavy atom. The van der Waals surface area contributed by atoms with Gasteiger partial charge >= 0.3 is 0 Å². The summed E-state index contributed by atoms with van der Waals surface area (Å²) in [7, 11) is 2.52. The molecule has 0 fully saturated rings. The molecule has 150 valence electrons. The van der Waals surface area contributed by atoms with Crippen molar-refractivity contribution in [1.29, 1.82) is 0 Å². The molecule has 0 saturated carbocycles. The molecule has 2 atom stereocenters. The van der Waals surface area contributed by atoms with Crippen molar-refractivity contribution >= 4 is 40.7 Å². The summed E-state index contributed by atoms with van der Waals surface area (Å²) in [4.78, 5) is 8.75. The van der Waals surface area contributed by atoms with E-state index in [1.165, 1.54) is 0 Å². The minimum Gasteiger partial charge on any atom is -0.377 e. The van der Waals surface area contributed by atoms with Gasteiger partial charge in [-0.3, -0.25) is 9.20 Å². The minimum absolute atomic E-state index is 0. The number of aryl methyl sites for hydroxylation is 1. The van der Waals surface area contributed by atoms with Gasteiger partial charge in [0.2, 0.25) is 0 Å². The first kappa shape index (κ1) is 23.3. The van der Waals surface area contributed by atoms with Crippen LogP contribution in [0.5, 0.6) is 0 Å². The molecule has 0 saturated heterocycles. The average Bonchev–Trinajstić information content (AvgIpc) is 2.94. The molecule has 0 amide bonds. The van der Waals surface area contributed by atoms with Crippen LogP contribution in [0.1, 0.15) is 38.8 Å². The Hall–Kier alpha value is -0.750. The fraction of sp³-hybridized carbons (Fsp3) is 0.812. The van der Waals surface area contributed by atoms with Crippen LogP contribution in [0.3, 0.4) is 0 Å². The molecule has 2 N–H and O–H groups in total. The molecular weight excluding hydrogens is 467 g/mol. The standard InChI is InChI=1S/C16H30N6O2S.HI/c1-16(2,3)25(23)9-8-18-15(17-4)19-12-6-7-14-20-13(11-24-5)21-22(14)10-12;/h12H,6-11H2,1-5H3,(H2,17,18,19);1H. The maximum absolute atomic E-state index is 12.1. The first-order valence-corrected chi connectivity index (χ1v) is 9.92. The van der Waals surface area contributed by atoms with Crippen molar-refractivity contribution in [3.63, 3.8) is 0 Å². The van der Waals surface area contributed by atoms with Crippen molar-refractivity contribution in [3.05, 3.63) is 11.6 Å². The maximum atomic E-state index is 12.1. The molecule has 1 aromatic rings. The topological polar surface area (TPSA) is 93.4 Å². The molecule has 0 radical (unpaired) electrons. The summed E-state index contributed by atoms with van der Waals surface area (Å²) in [5.41, 5.74) is 0. The number of hydrogen-bond acceptors (Lipinski definition) is 5. The first-order valence-electron chi connectivity index (χ1n) is 8.60. The number of aliphatic imine (C=N–C) groups is 1. The van der Waals surface area contributed by atoms with Crippen LogP contribution in [0.25, 0.3) is 0 Å². The van der Waals surface area contributed by atoms with E-state index in [-0.39, 0.29) is 34.8 Å². The lowest BCUT2D eigenvalue weighted by atomic mass is 10.1. The van der Waals surface area contributed by atoms with Gasteiger partial charge in [-0.15, -0.1) is 24.0 Å². The highest BCUT2D eigenvalue weighted by atomic mass is 127. The van der Waals surface area contributed by atoms with Crippen LogP contribution < -0.4 is 10.6 Å².